The van der Waals surface area contributed by atoms with Crippen LogP contribution < -0.4 is 0 Å². The summed E-state index contributed by atoms with van der Waals surface area (Å²) in [5.41, 5.74) is -4.55. The summed E-state index contributed by atoms with van der Waals surface area (Å²) in [6.07, 6.45) is 0.820. The van der Waals surface area contributed by atoms with E-state index in [0.29, 0.717) is 13.1 Å². The predicted octanol–water partition coefficient (Wildman–Crippen LogP) is 3.48. The van der Waals surface area contributed by atoms with E-state index in [-0.39, 0.29) is 6.61 Å². The first-order valence-corrected chi connectivity index (χ1v) is 8.33. The average molecular weight is 403 g/mol. The molecule has 8 nitrogen and oxygen atoms in total. The van der Waals surface area contributed by atoms with E-state index in [1.165, 1.54) is 11.9 Å². The average Bonchev–Trinajstić information content (AvgIpc) is 2.65. The lowest BCUT2D eigenvalue weighted by Crippen LogP contribution is -2.19. The molecular formula is C17H20F3N3O5. The number of carbonyl (C=O) groups excluding carboxylic acids is 1. The number of hydrogen-bond donors (Lipinski definition) is 1. The second kappa shape index (κ2) is 9.72. The fourth-order valence-electron chi connectivity index (χ4n) is 2.23. The Morgan fingerprint density at radius 2 is 1.79 bits per heavy atom. The number of halogens is 3. The number of nitro benzene ring substituents is 1. The standard InChI is InChI=1S/C17H20F3N3O5/c1-5-22(6-2)21-8-10(17(25)28-7-3)16(24)11-12(18)9(4)13(19)14(20)15(11)23(26)27/h8,24H,5-7H2,1-4H3. The highest BCUT2D eigenvalue weighted by Crippen LogP contribution is 2.35. The Bertz CT molecular complexity index is 836. The van der Waals surface area contributed by atoms with Gasteiger partial charge in [0.15, 0.2) is 5.82 Å². The second-order valence-corrected chi connectivity index (χ2v) is 5.41. The van der Waals surface area contributed by atoms with E-state index in [1.807, 2.05) is 0 Å². The van der Waals surface area contributed by atoms with E-state index in [2.05, 4.69) is 5.10 Å². The lowest BCUT2D eigenvalue weighted by Gasteiger charge is -2.14. The quantitative estimate of drug-likeness (QED) is 0.136. The molecule has 0 heterocycles. The summed E-state index contributed by atoms with van der Waals surface area (Å²) in [4.78, 5) is 22.0. The van der Waals surface area contributed by atoms with Crippen molar-refractivity contribution in [2.24, 2.45) is 5.10 Å². The third kappa shape index (κ3) is 4.59. The minimum atomic E-state index is -1.96. The largest absolute Gasteiger partial charge is 0.506 e. The highest BCUT2D eigenvalue weighted by atomic mass is 19.2. The van der Waals surface area contributed by atoms with E-state index < -0.39 is 56.5 Å². The topological polar surface area (TPSA) is 105 Å². The molecule has 0 aliphatic rings. The van der Waals surface area contributed by atoms with Crippen LogP contribution in [0.5, 0.6) is 0 Å². The molecule has 0 aliphatic heterocycles. The number of hydrazone groups is 1. The second-order valence-electron chi connectivity index (χ2n) is 5.41. The smallest absolute Gasteiger partial charge is 0.343 e. The number of hydrogen-bond acceptors (Lipinski definition) is 7. The number of ether oxygens (including phenoxy) is 1. The molecule has 0 radical (unpaired) electrons. The van der Waals surface area contributed by atoms with Gasteiger partial charge in [0.2, 0.25) is 5.82 Å². The van der Waals surface area contributed by atoms with Crippen LogP contribution in [0.4, 0.5) is 18.9 Å². The minimum absolute atomic E-state index is 0.129. The van der Waals surface area contributed by atoms with E-state index in [9.17, 15) is 33.2 Å². The molecular weight excluding hydrogens is 383 g/mol. The van der Waals surface area contributed by atoms with Gasteiger partial charge in [0.25, 0.3) is 0 Å². The van der Waals surface area contributed by atoms with Gasteiger partial charge in [0.1, 0.15) is 22.7 Å². The van der Waals surface area contributed by atoms with Crippen molar-refractivity contribution in [1.82, 2.24) is 5.01 Å². The molecule has 0 saturated carbocycles. The van der Waals surface area contributed by atoms with Crippen molar-refractivity contribution in [3.63, 3.8) is 0 Å². The number of nitrogens with zero attached hydrogens (tertiary/aromatic N) is 3. The highest BCUT2D eigenvalue weighted by Gasteiger charge is 2.35. The summed E-state index contributed by atoms with van der Waals surface area (Å²) < 4.78 is 47.1. The van der Waals surface area contributed by atoms with Crippen molar-refractivity contribution in [1.29, 1.82) is 0 Å². The molecule has 1 rings (SSSR count). The number of benzene rings is 1. The third-order valence-corrected chi connectivity index (χ3v) is 3.77. The van der Waals surface area contributed by atoms with E-state index >= 15 is 0 Å². The molecule has 154 valence electrons. The number of esters is 1. The zero-order chi connectivity index (χ0) is 21.6. The molecule has 0 spiro atoms. The Balaban J connectivity index is 3.86. The first-order valence-electron chi connectivity index (χ1n) is 8.33. The molecule has 0 aromatic heterocycles. The van der Waals surface area contributed by atoms with E-state index in [0.717, 1.165) is 13.1 Å². The molecule has 0 aliphatic carbocycles. The van der Waals surface area contributed by atoms with Crippen molar-refractivity contribution in [3.8, 4) is 0 Å². The van der Waals surface area contributed by atoms with Gasteiger partial charge in [-0.3, -0.25) is 15.1 Å². The SMILES string of the molecule is CCOC(=O)C(C=NN(CC)CC)=C(O)c1c(F)c(C)c(F)c(F)c1[N+](=O)[O-]. The van der Waals surface area contributed by atoms with Gasteiger partial charge in [0.05, 0.1) is 17.7 Å². The maximum Gasteiger partial charge on any atom is 0.343 e. The zero-order valence-corrected chi connectivity index (χ0v) is 15.8. The monoisotopic (exact) mass is 403 g/mol. The molecule has 28 heavy (non-hydrogen) atoms. The van der Waals surface area contributed by atoms with Crippen LogP contribution >= 0.6 is 0 Å². The Kier molecular flexibility index (Phi) is 7.96. The number of aliphatic hydroxyl groups excluding tert-OH is 1. The molecule has 0 bridgehead atoms. The molecule has 11 heteroatoms. The van der Waals surface area contributed by atoms with Crippen molar-refractivity contribution >= 4 is 23.6 Å². The molecule has 0 unspecified atom stereocenters. The lowest BCUT2D eigenvalue weighted by atomic mass is 10.0. The van der Waals surface area contributed by atoms with Crippen molar-refractivity contribution in [2.75, 3.05) is 19.7 Å². The predicted molar refractivity (Wildman–Crippen MR) is 95.3 cm³/mol. The summed E-state index contributed by atoms with van der Waals surface area (Å²) in [6.45, 7) is 6.50. The van der Waals surface area contributed by atoms with Gasteiger partial charge in [-0.05, 0) is 27.7 Å². The summed E-state index contributed by atoms with van der Waals surface area (Å²) in [6, 6.07) is 0. The van der Waals surface area contributed by atoms with Gasteiger partial charge in [-0.2, -0.15) is 9.49 Å². The van der Waals surface area contributed by atoms with Crippen LogP contribution in [0, 0.1) is 34.5 Å². The summed E-state index contributed by atoms with van der Waals surface area (Å²) in [5, 5.41) is 27.0. The first kappa shape index (κ1) is 22.9. The van der Waals surface area contributed by atoms with E-state index in [4.69, 9.17) is 4.74 Å². The van der Waals surface area contributed by atoms with Crippen molar-refractivity contribution < 1.29 is 32.7 Å². The van der Waals surface area contributed by atoms with Gasteiger partial charge < -0.3 is 9.84 Å². The molecule has 1 aromatic carbocycles. The van der Waals surface area contributed by atoms with Crippen LogP contribution in [-0.4, -0.2) is 46.9 Å². The van der Waals surface area contributed by atoms with Crippen LogP contribution in [0.3, 0.4) is 0 Å². The lowest BCUT2D eigenvalue weighted by molar-refractivity contribution is -0.388. The summed E-state index contributed by atoms with van der Waals surface area (Å²) in [5.74, 6) is -7.78. The van der Waals surface area contributed by atoms with Gasteiger partial charge in [-0.1, -0.05) is 0 Å². The van der Waals surface area contributed by atoms with Gasteiger partial charge >= 0.3 is 11.7 Å². The Hall–Kier alpha value is -3.11. The fraction of sp³-hybridized carbons (Fsp3) is 0.412. The van der Waals surface area contributed by atoms with Crippen molar-refractivity contribution in [3.05, 3.63) is 44.3 Å². The molecule has 0 atom stereocenters. The molecule has 0 fully saturated rings. The van der Waals surface area contributed by atoms with Crippen molar-refractivity contribution in [2.45, 2.75) is 27.7 Å². The highest BCUT2D eigenvalue weighted by molar-refractivity contribution is 6.15. The van der Waals surface area contributed by atoms with E-state index in [1.54, 1.807) is 13.8 Å². The first-order chi connectivity index (χ1) is 13.1. The third-order valence-electron chi connectivity index (χ3n) is 3.77. The van der Waals surface area contributed by atoms with Gasteiger partial charge in [-0.25, -0.2) is 13.6 Å². The van der Waals surface area contributed by atoms with Gasteiger partial charge in [-0.15, -0.1) is 0 Å². The van der Waals surface area contributed by atoms with Crippen LogP contribution in [0.1, 0.15) is 31.9 Å². The van der Waals surface area contributed by atoms with Crippen LogP contribution in [0.25, 0.3) is 5.76 Å². The zero-order valence-electron chi connectivity index (χ0n) is 15.8. The van der Waals surface area contributed by atoms with Crippen LogP contribution in [-0.2, 0) is 9.53 Å². The minimum Gasteiger partial charge on any atom is -0.506 e. The molecule has 0 amide bonds. The maximum atomic E-state index is 14.5. The Labute approximate surface area is 159 Å². The van der Waals surface area contributed by atoms with Gasteiger partial charge in [0, 0.05) is 18.7 Å². The summed E-state index contributed by atoms with van der Waals surface area (Å²) in [7, 11) is 0. The fourth-order valence-corrected chi connectivity index (χ4v) is 2.23. The van der Waals surface area contributed by atoms with Crippen LogP contribution in [0.15, 0.2) is 10.7 Å². The number of rotatable bonds is 8. The molecule has 0 saturated heterocycles. The van der Waals surface area contributed by atoms with Crippen LogP contribution in [0.2, 0.25) is 0 Å². The Morgan fingerprint density at radius 1 is 1.21 bits per heavy atom. The Morgan fingerprint density at radius 3 is 2.25 bits per heavy atom. The number of carbonyl (C=O) groups is 1. The normalized spacial score (nSPS) is 12.1. The maximum absolute atomic E-state index is 14.5. The summed E-state index contributed by atoms with van der Waals surface area (Å²) >= 11 is 0. The molecule has 1 aromatic rings. The number of nitro groups is 1. The molecule has 1 N–H and O–H groups in total. The number of aliphatic hydroxyl groups is 1.